The van der Waals surface area contributed by atoms with Gasteiger partial charge in [0.15, 0.2) is 0 Å². The van der Waals surface area contributed by atoms with E-state index in [0.29, 0.717) is 19.0 Å². The SMILES string of the molecule is CCC1COC(C)CN1S(=O)(=O)Cc1cccc(CCl)c1. The molecule has 118 valence electrons. The molecule has 1 aliphatic rings. The molecule has 1 aromatic carbocycles. The van der Waals surface area contributed by atoms with Crippen LogP contribution in [0.25, 0.3) is 0 Å². The van der Waals surface area contributed by atoms with Gasteiger partial charge in [0, 0.05) is 18.5 Å². The molecule has 0 saturated carbocycles. The second-order valence-corrected chi connectivity index (χ2v) is 7.67. The molecular formula is C15H22ClNO3S. The van der Waals surface area contributed by atoms with Crippen LogP contribution in [0.2, 0.25) is 0 Å². The van der Waals surface area contributed by atoms with Crippen molar-refractivity contribution in [2.45, 2.75) is 44.0 Å². The molecule has 0 radical (unpaired) electrons. The Morgan fingerprint density at radius 3 is 2.76 bits per heavy atom. The van der Waals surface area contributed by atoms with E-state index in [2.05, 4.69) is 0 Å². The molecule has 1 saturated heterocycles. The molecule has 0 N–H and O–H groups in total. The first kappa shape index (κ1) is 16.7. The Hall–Kier alpha value is -0.620. The lowest BCUT2D eigenvalue weighted by Crippen LogP contribution is -2.51. The second-order valence-electron chi connectivity index (χ2n) is 5.49. The Balaban J connectivity index is 2.19. The van der Waals surface area contributed by atoms with Crippen LogP contribution in [0.3, 0.4) is 0 Å². The monoisotopic (exact) mass is 331 g/mol. The van der Waals surface area contributed by atoms with Crippen molar-refractivity contribution in [1.29, 1.82) is 0 Å². The van der Waals surface area contributed by atoms with Gasteiger partial charge in [-0.05, 0) is 24.5 Å². The average Bonchev–Trinajstić information content (AvgIpc) is 2.47. The number of halogens is 1. The first-order valence-corrected chi connectivity index (χ1v) is 9.35. The number of hydrogen-bond donors (Lipinski definition) is 0. The second kappa shape index (κ2) is 7.09. The van der Waals surface area contributed by atoms with E-state index >= 15 is 0 Å². The van der Waals surface area contributed by atoms with Crippen LogP contribution in [-0.2, 0) is 26.4 Å². The van der Waals surface area contributed by atoms with E-state index in [0.717, 1.165) is 17.5 Å². The summed E-state index contributed by atoms with van der Waals surface area (Å²) < 4.78 is 32.6. The normalized spacial score (nSPS) is 24.1. The maximum absolute atomic E-state index is 12.7. The van der Waals surface area contributed by atoms with Crippen molar-refractivity contribution in [3.63, 3.8) is 0 Å². The molecule has 0 aromatic heterocycles. The van der Waals surface area contributed by atoms with Crippen molar-refractivity contribution in [2.24, 2.45) is 0 Å². The van der Waals surface area contributed by atoms with Gasteiger partial charge in [0.1, 0.15) is 0 Å². The van der Waals surface area contributed by atoms with Gasteiger partial charge in [-0.25, -0.2) is 8.42 Å². The minimum absolute atomic E-state index is 0.0148. The molecular weight excluding hydrogens is 310 g/mol. The lowest BCUT2D eigenvalue weighted by molar-refractivity contribution is -0.0231. The predicted molar refractivity (Wildman–Crippen MR) is 84.8 cm³/mol. The first-order chi connectivity index (χ1) is 9.96. The Morgan fingerprint density at radius 2 is 2.10 bits per heavy atom. The molecule has 2 unspecified atom stereocenters. The van der Waals surface area contributed by atoms with Crippen LogP contribution in [0.1, 0.15) is 31.4 Å². The van der Waals surface area contributed by atoms with Crippen LogP contribution in [0.15, 0.2) is 24.3 Å². The van der Waals surface area contributed by atoms with Crippen molar-refractivity contribution < 1.29 is 13.2 Å². The molecule has 1 fully saturated rings. The van der Waals surface area contributed by atoms with Gasteiger partial charge in [0.25, 0.3) is 0 Å². The molecule has 0 bridgehead atoms. The Labute approximate surface area is 132 Å². The molecule has 6 heteroatoms. The topological polar surface area (TPSA) is 46.6 Å². The van der Waals surface area contributed by atoms with Gasteiger partial charge in [0.05, 0.1) is 18.5 Å². The number of benzene rings is 1. The summed E-state index contributed by atoms with van der Waals surface area (Å²) in [5.41, 5.74) is 1.72. The molecule has 1 aliphatic heterocycles. The van der Waals surface area contributed by atoms with Gasteiger partial charge < -0.3 is 4.74 Å². The third kappa shape index (κ3) is 4.19. The summed E-state index contributed by atoms with van der Waals surface area (Å²) in [5, 5.41) is 0. The minimum atomic E-state index is -3.35. The van der Waals surface area contributed by atoms with Gasteiger partial charge >= 0.3 is 0 Å². The van der Waals surface area contributed by atoms with E-state index in [1.165, 1.54) is 0 Å². The largest absolute Gasteiger partial charge is 0.375 e. The number of ether oxygens (including phenoxy) is 1. The quantitative estimate of drug-likeness (QED) is 0.779. The van der Waals surface area contributed by atoms with Gasteiger partial charge in [-0.3, -0.25) is 0 Å². The van der Waals surface area contributed by atoms with E-state index in [1.807, 2.05) is 38.1 Å². The van der Waals surface area contributed by atoms with Crippen LogP contribution in [-0.4, -0.2) is 38.0 Å². The third-order valence-corrected chi connectivity index (χ3v) is 5.91. The summed E-state index contributed by atoms with van der Waals surface area (Å²) in [6.45, 7) is 4.79. The zero-order chi connectivity index (χ0) is 15.5. The van der Waals surface area contributed by atoms with Crippen molar-refractivity contribution in [2.75, 3.05) is 13.2 Å². The fourth-order valence-electron chi connectivity index (χ4n) is 2.57. The molecule has 21 heavy (non-hydrogen) atoms. The smallest absolute Gasteiger partial charge is 0.218 e. The lowest BCUT2D eigenvalue weighted by Gasteiger charge is -2.37. The van der Waals surface area contributed by atoms with Gasteiger partial charge in [-0.1, -0.05) is 31.2 Å². The maximum atomic E-state index is 12.7. The molecule has 0 spiro atoms. The maximum Gasteiger partial charge on any atom is 0.218 e. The predicted octanol–water partition coefficient (Wildman–Crippen LogP) is 2.75. The summed E-state index contributed by atoms with van der Waals surface area (Å²) in [6.07, 6.45) is 0.699. The molecule has 0 amide bonds. The fourth-order valence-corrected chi connectivity index (χ4v) is 4.61. The highest BCUT2D eigenvalue weighted by Gasteiger charge is 2.34. The standard InChI is InChI=1S/C15H22ClNO3S/c1-3-15-10-20-12(2)9-17(15)21(18,19)11-14-6-4-5-13(7-14)8-16/h4-7,12,15H,3,8-11H2,1-2H3. The van der Waals surface area contributed by atoms with Crippen LogP contribution < -0.4 is 0 Å². The van der Waals surface area contributed by atoms with E-state index in [9.17, 15) is 8.42 Å². The van der Waals surface area contributed by atoms with E-state index in [-0.39, 0.29) is 17.9 Å². The molecule has 4 nitrogen and oxygen atoms in total. The van der Waals surface area contributed by atoms with E-state index in [1.54, 1.807) is 4.31 Å². The number of nitrogens with zero attached hydrogens (tertiary/aromatic N) is 1. The van der Waals surface area contributed by atoms with Crippen molar-refractivity contribution >= 4 is 21.6 Å². The van der Waals surface area contributed by atoms with E-state index < -0.39 is 10.0 Å². The molecule has 2 atom stereocenters. The Kier molecular flexibility index (Phi) is 5.66. The van der Waals surface area contributed by atoms with Crippen LogP contribution in [0.5, 0.6) is 0 Å². The van der Waals surface area contributed by atoms with Crippen molar-refractivity contribution in [1.82, 2.24) is 4.31 Å². The zero-order valence-electron chi connectivity index (χ0n) is 12.5. The zero-order valence-corrected chi connectivity index (χ0v) is 14.0. The summed E-state index contributed by atoms with van der Waals surface area (Å²) >= 11 is 5.81. The number of sulfonamides is 1. The highest BCUT2D eigenvalue weighted by Crippen LogP contribution is 2.22. The van der Waals surface area contributed by atoms with Crippen LogP contribution in [0.4, 0.5) is 0 Å². The number of hydrogen-bond acceptors (Lipinski definition) is 3. The lowest BCUT2D eigenvalue weighted by atomic mass is 10.2. The highest BCUT2D eigenvalue weighted by molar-refractivity contribution is 7.88. The Morgan fingerprint density at radius 1 is 1.38 bits per heavy atom. The first-order valence-electron chi connectivity index (χ1n) is 7.21. The van der Waals surface area contributed by atoms with Gasteiger partial charge in [0.2, 0.25) is 10.0 Å². The molecule has 2 rings (SSSR count). The minimum Gasteiger partial charge on any atom is -0.375 e. The average molecular weight is 332 g/mol. The van der Waals surface area contributed by atoms with Gasteiger partial charge in [-0.15, -0.1) is 11.6 Å². The summed E-state index contributed by atoms with van der Waals surface area (Å²) in [5.74, 6) is 0.404. The number of alkyl halides is 1. The summed E-state index contributed by atoms with van der Waals surface area (Å²) in [6, 6.07) is 7.37. The third-order valence-electron chi connectivity index (χ3n) is 3.74. The van der Waals surface area contributed by atoms with E-state index in [4.69, 9.17) is 16.3 Å². The summed E-state index contributed by atoms with van der Waals surface area (Å²) in [4.78, 5) is 0. The number of rotatable bonds is 5. The Bertz CT molecular complexity index is 576. The highest BCUT2D eigenvalue weighted by atomic mass is 35.5. The fraction of sp³-hybridized carbons (Fsp3) is 0.600. The number of morpholine rings is 1. The van der Waals surface area contributed by atoms with Crippen LogP contribution >= 0.6 is 11.6 Å². The van der Waals surface area contributed by atoms with Crippen molar-refractivity contribution in [3.8, 4) is 0 Å². The summed E-state index contributed by atoms with van der Waals surface area (Å²) in [7, 11) is -3.35. The molecule has 0 aliphatic carbocycles. The molecule has 1 heterocycles. The van der Waals surface area contributed by atoms with Crippen molar-refractivity contribution in [3.05, 3.63) is 35.4 Å². The van der Waals surface area contributed by atoms with Crippen LogP contribution in [0, 0.1) is 0 Å². The van der Waals surface area contributed by atoms with Gasteiger partial charge in [-0.2, -0.15) is 4.31 Å². The molecule has 1 aromatic rings.